The molecule has 3 aromatic rings. The fourth-order valence-electron chi connectivity index (χ4n) is 3.37. The van der Waals surface area contributed by atoms with Crippen LogP contribution in [0.25, 0.3) is 10.9 Å². The van der Waals surface area contributed by atoms with Gasteiger partial charge in [0.05, 0.1) is 21.5 Å². The second-order valence-electron chi connectivity index (χ2n) is 7.58. The molecule has 1 N–H and O–H groups in total. The predicted molar refractivity (Wildman–Crippen MR) is 132 cm³/mol. The van der Waals surface area contributed by atoms with Gasteiger partial charge in [-0.25, -0.2) is 14.8 Å². The zero-order valence-corrected chi connectivity index (χ0v) is 20.6. The van der Waals surface area contributed by atoms with E-state index in [0.717, 1.165) is 38.4 Å². The van der Waals surface area contributed by atoms with Crippen molar-refractivity contribution in [3.05, 3.63) is 58.1 Å². The van der Waals surface area contributed by atoms with Crippen molar-refractivity contribution >= 4 is 51.0 Å². The molecule has 8 heteroatoms. The number of aryl methyl sites for hydroxylation is 4. The number of esters is 1. The molecule has 168 valence electrons. The van der Waals surface area contributed by atoms with Crippen LogP contribution in [0.5, 0.6) is 0 Å². The largest absolute Gasteiger partial charge is 0.457 e. The van der Waals surface area contributed by atoms with Gasteiger partial charge in [-0.2, -0.15) is 0 Å². The van der Waals surface area contributed by atoms with Crippen LogP contribution in [0, 0.1) is 27.7 Å². The minimum atomic E-state index is -0.469. The van der Waals surface area contributed by atoms with Crippen molar-refractivity contribution in [2.45, 2.75) is 51.3 Å². The summed E-state index contributed by atoms with van der Waals surface area (Å²) >= 11 is 2.55. The Balaban J connectivity index is 1.77. The van der Waals surface area contributed by atoms with Crippen LogP contribution in [0.4, 0.5) is 5.13 Å². The molecule has 1 amide bonds. The summed E-state index contributed by atoms with van der Waals surface area (Å²) in [7, 11) is 0. The minimum Gasteiger partial charge on any atom is -0.457 e. The Hall–Kier alpha value is -2.71. The van der Waals surface area contributed by atoms with Crippen LogP contribution >= 0.6 is 23.1 Å². The lowest BCUT2D eigenvalue weighted by atomic mass is 10.0. The number of carbonyl (C=O) groups is 2. The van der Waals surface area contributed by atoms with Gasteiger partial charge in [0.2, 0.25) is 5.91 Å². The van der Waals surface area contributed by atoms with Gasteiger partial charge in [0.25, 0.3) is 0 Å². The molecule has 6 nitrogen and oxygen atoms in total. The van der Waals surface area contributed by atoms with Crippen LogP contribution in [-0.4, -0.2) is 33.7 Å². The highest BCUT2D eigenvalue weighted by molar-refractivity contribution is 8.00. The minimum absolute atomic E-state index is 0.129. The van der Waals surface area contributed by atoms with Gasteiger partial charge < -0.3 is 10.1 Å². The number of carbonyl (C=O) groups excluding carboxylic acids is 2. The van der Waals surface area contributed by atoms with E-state index in [2.05, 4.69) is 49.8 Å². The number of thiazole rings is 1. The Morgan fingerprint density at radius 2 is 1.94 bits per heavy atom. The summed E-state index contributed by atoms with van der Waals surface area (Å²) in [6.07, 6.45) is 2.13. The van der Waals surface area contributed by atoms with Gasteiger partial charge in [0.1, 0.15) is 11.5 Å². The van der Waals surface area contributed by atoms with Gasteiger partial charge in [-0.3, -0.25) is 4.79 Å². The fraction of sp³-hybridized carbons (Fsp3) is 0.333. The number of aromatic nitrogens is 2. The van der Waals surface area contributed by atoms with Crippen molar-refractivity contribution in [2.75, 3.05) is 11.9 Å². The average Bonchev–Trinajstić information content (AvgIpc) is 3.11. The van der Waals surface area contributed by atoms with Gasteiger partial charge in [0, 0.05) is 5.39 Å². The second-order valence-corrected chi connectivity index (χ2v) is 9.80. The highest BCUT2D eigenvalue weighted by Crippen LogP contribution is 2.31. The van der Waals surface area contributed by atoms with E-state index in [1.165, 1.54) is 23.4 Å². The number of ether oxygens (including phenoxy) is 1. The maximum absolute atomic E-state index is 12.9. The lowest BCUT2D eigenvalue weighted by Gasteiger charge is -2.15. The summed E-state index contributed by atoms with van der Waals surface area (Å²) in [5.74, 6) is -0.638. The number of thioether (sulfide) groups is 1. The topological polar surface area (TPSA) is 81.2 Å². The fourth-order valence-corrected chi connectivity index (χ4v) is 5.24. The quantitative estimate of drug-likeness (QED) is 0.256. The lowest BCUT2D eigenvalue weighted by molar-refractivity contribution is -0.115. The molecule has 1 aromatic carbocycles. The standard InChI is InChI=1S/C24H27N3O3S2/c1-7-9-30-23(29)21-16(6)25-24(32-21)27-22(28)18(8-2)31-19-12-14(4)17-11-13(3)10-15(5)20(17)26-19/h7,10-12,18H,1,8-9H2,2-6H3,(H,25,27,28). The summed E-state index contributed by atoms with van der Waals surface area (Å²) in [4.78, 5) is 34.6. The van der Waals surface area contributed by atoms with Gasteiger partial charge in [-0.1, -0.05) is 54.3 Å². The molecule has 3 rings (SSSR count). The molecule has 0 aliphatic heterocycles. The monoisotopic (exact) mass is 469 g/mol. The molecule has 0 fully saturated rings. The highest BCUT2D eigenvalue weighted by atomic mass is 32.2. The second kappa shape index (κ2) is 10.3. The smallest absolute Gasteiger partial charge is 0.350 e. The van der Waals surface area contributed by atoms with E-state index in [4.69, 9.17) is 9.72 Å². The Labute approximate surface area is 196 Å². The molecule has 2 heterocycles. The van der Waals surface area contributed by atoms with Crippen LogP contribution < -0.4 is 5.32 Å². The van der Waals surface area contributed by atoms with E-state index in [0.29, 0.717) is 22.1 Å². The molecule has 0 aliphatic carbocycles. The number of benzene rings is 1. The molecule has 0 aliphatic rings. The molecule has 32 heavy (non-hydrogen) atoms. The molecule has 0 spiro atoms. The van der Waals surface area contributed by atoms with Crippen LogP contribution in [0.2, 0.25) is 0 Å². The summed E-state index contributed by atoms with van der Waals surface area (Å²) in [6.45, 7) is 13.5. The normalized spacial score (nSPS) is 11.9. The van der Waals surface area contributed by atoms with Crippen LogP contribution in [0.3, 0.4) is 0 Å². The molecular formula is C24H27N3O3S2. The number of pyridine rings is 1. The number of nitrogens with one attached hydrogen (secondary N) is 1. The first-order valence-corrected chi connectivity index (χ1v) is 12.0. The average molecular weight is 470 g/mol. The third-order valence-corrected chi connectivity index (χ3v) is 7.24. The Bertz CT molecular complexity index is 1190. The summed E-state index contributed by atoms with van der Waals surface area (Å²) in [5.41, 5.74) is 4.96. The van der Waals surface area contributed by atoms with Gasteiger partial charge >= 0.3 is 5.97 Å². The predicted octanol–water partition coefficient (Wildman–Crippen LogP) is 5.78. The maximum atomic E-state index is 12.9. The molecule has 0 radical (unpaired) electrons. The number of hydrogen-bond acceptors (Lipinski definition) is 7. The summed E-state index contributed by atoms with van der Waals surface area (Å²) < 4.78 is 5.08. The number of amides is 1. The third kappa shape index (κ3) is 5.37. The summed E-state index contributed by atoms with van der Waals surface area (Å²) in [5, 5.41) is 4.84. The molecule has 1 unspecified atom stereocenters. The molecule has 0 bridgehead atoms. The number of anilines is 1. The highest BCUT2D eigenvalue weighted by Gasteiger charge is 2.23. The Morgan fingerprint density at radius 3 is 2.62 bits per heavy atom. The van der Waals surface area contributed by atoms with E-state index >= 15 is 0 Å². The number of rotatable bonds is 8. The van der Waals surface area contributed by atoms with Gasteiger partial charge in [-0.15, -0.1) is 0 Å². The van der Waals surface area contributed by atoms with Gasteiger partial charge in [0.15, 0.2) is 5.13 Å². The van der Waals surface area contributed by atoms with Crippen LogP contribution in [-0.2, 0) is 9.53 Å². The van der Waals surface area contributed by atoms with E-state index < -0.39 is 5.97 Å². The van der Waals surface area contributed by atoms with Crippen molar-refractivity contribution in [2.24, 2.45) is 0 Å². The van der Waals surface area contributed by atoms with Crippen molar-refractivity contribution in [3.8, 4) is 0 Å². The van der Waals surface area contributed by atoms with Gasteiger partial charge in [-0.05, 0) is 57.4 Å². The van der Waals surface area contributed by atoms with E-state index in [9.17, 15) is 9.59 Å². The number of fused-ring (bicyclic) bond motifs is 1. The number of hydrogen-bond donors (Lipinski definition) is 1. The third-order valence-electron chi connectivity index (χ3n) is 4.90. The zero-order valence-electron chi connectivity index (χ0n) is 18.9. The first-order valence-electron chi connectivity index (χ1n) is 10.3. The molecule has 0 saturated heterocycles. The molecule has 2 aromatic heterocycles. The molecular weight excluding hydrogens is 442 g/mol. The van der Waals surface area contributed by atoms with Crippen LogP contribution in [0.15, 0.2) is 35.9 Å². The van der Waals surface area contributed by atoms with Crippen molar-refractivity contribution in [1.29, 1.82) is 0 Å². The Morgan fingerprint density at radius 1 is 1.19 bits per heavy atom. The van der Waals surface area contributed by atoms with E-state index in [1.54, 1.807) is 6.92 Å². The SMILES string of the molecule is C=CCOC(=O)c1sc(NC(=O)C(CC)Sc2cc(C)c3cc(C)cc(C)c3n2)nc1C. The maximum Gasteiger partial charge on any atom is 0.350 e. The van der Waals surface area contributed by atoms with E-state index in [1.807, 2.05) is 13.0 Å². The van der Waals surface area contributed by atoms with Crippen molar-refractivity contribution in [1.82, 2.24) is 9.97 Å². The number of nitrogens with zero attached hydrogens (tertiary/aromatic N) is 2. The first-order chi connectivity index (χ1) is 15.2. The van der Waals surface area contributed by atoms with Crippen molar-refractivity contribution < 1.29 is 14.3 Å². The van der Waals surface area contributed by atoms with Crippen molar-refractivity contribution in [3.63, 3.8) is 0 Å². The Kier molecular flexibility index (Phi) is 7.69. The molecule has 0 saturated carbocycles. The lowest BCUT2D eigenvalue weighted by Crippen LogP contribution is -2.24. The van der Waals surface area contributed by atoms with E-state index in [-0.39, 0.29) is 17.8 Å². The zero-order chi connectivity index (χ0) is 23.4. The molecule has 1 atom stereocenters. The summed E-state index contributed by atoms with van der Waals surface area (Å²) in [6, 6.07) is 6.30. The van der Waals surface area contributed by atoms with Crippen LogP contribution in [0.1, 0.15) is 45.4 Å². The first kappa shape index (κ1) is 23.9.